The van der Waals surface area contributed by atoms with Crippen LogP contribution in [0.25, 0.3) is 22.8 Å². The standard InChI is InChI=1S/C22H23N3O3/c1-2-28-22(26)9-7-17-6-8-21-20(14-17)23-16-25(21)19-5-3-4-18(15-19)24-10-12-27-13-11-24/h3-9,14-16H,2,10-13H2,1H3/b9-7+. The highest BCUT2D eigenvalue weighted by Crippen LogP contribution is 2.24. The zero-order chi connectivity index (χ0) is 19.3. The van der Waals surface area contributed by atoms with Crippen molar-refractivity contribution in [2.75, 3.05) is 37.8 Å². The summed E-state index contributed by atoms with van der Waals surface area (Å²) in [7, 11) is 0. The molecule has 144 valence electrons. The average molecular weight is 377 g/mol. The van der Waals surface area contributed by atoms with Crippen molar-refractivity contribution in [3.05, 3.63) is 60.4 Å². The van der Waals surface area contributed by atoms with Gasteiger partial charge in [-0.3, -0.25) is 4.57 Å². The lowest BCUT2D eigenvalue weighted by Gasteiger charge is -2.29. The molecule has 1 aromatic heterocycles. The molecule has 3 aromatic rings. The Morgan fingerprint density at radius 1 is 1.18 bits per heavy atom. The molecule has 0 N–H and O–H groups in total. The Hall–Kier alpha value is -3.12. The zero-order valence-electron chi connectivity index (χ0n) is 15.9. The van der Waals surface area contributed by atoms with E-state index in [0.29, 0.717) is 6.61 Å². The van der Waals surface area contributed by atoms with Crippen LogP contribution < -0.4 is 4.90 Å². The number of nitrogens with zero attached hydrogens (tertiary/aromatic N) is 3. The minimum atomic E-state index is -0.340. The number of benzene rings is 2. The third kappa shape index (κ3) is 3.92. The molecule has 4 rings (SSSR count). The van der Waals surface area contributed by atoms with E-state index < -0.39 is 0 Å². The monoisotopic (exact) mass is 377 g/mol. The minimum Gasteiger partial charge on any atom is -0.463 e. The van der Waals surface area contributed by atoms with Crippen LogP contribution in [0.1, 0.15) is 12.5 Å². The molecule has 2 heterocycles. The van der Waals surface area contributed by atoms with Crippen LogP contribution in [0.5, 0.6) is 0 Å². The molecule has 1 aliphatic heterocycles. The molecular weight excluding hydrogens is 354 g/mol. The molecule has 0 amide bonds. The number of esters is 1. The second kappa shape index (κ2) is 8.27. The van der Waals surface area contributed by atoms with E-state index in [1.807, 2.05) is 24.5 Å². The first-order valence-corrected chi connectivity index (χ1v) is 9.49. The summed E-state index contributed by atoms with van der Waals surface area (Å²) in [4.78, 5) is 18.4. The lowest BCUT2D eigenvalue weighted by molar-refractivity contribution is -0.137. The summed E-state index contributed by atoms with van der Waals surface area (Å²) in [5.41, 5.74) is 5.07. The summed E-state index contributed by atoms with van der Waals surface area (Å²) in [5, 5.41) is 0. The minimum absolute atomic E-state index is 0.340. The fourth-order valence-corrected chi connectivity index (χ4v) is 3.35. The molecule has 0 atom stereocenters. The lowest BCUT2D eigenvalue weighted by atomic mass is 10.2. The van der Waals surface area contributed by atoms with Gasteiger partial charge >= 0.3 is 5.97 Å². The van der Waals surface area contributed by atoms with E-state index in [0.717, 1.165) is 48.6 Å². The predicted octanol–water partition coefficient (Wildman–Crippen LogP) is 3.44. The van der Waals surface area contributed by atoms with E-state index in [-0.39, 0.29) is 5.97 Å². The normalized spacial score (nSPS) is 14.7. The van der Waals surface area contributed by atoms with Gasteiger partial charge in [-0.05, 0) is 48.9 Å². The molecule has 0 radical (unpaired) electrons. The van der Waals surface area contributed by atoms with Crippen LogP contribution in [0.15, 0.2) is 54.9 Å². The predicted molar refractivity (Wildman–Crippen MR) is 110 cm³/mol. The van der Waals surface area contributed by atoms with Crippen molar-refractivity contribution in [1.29, 1.82) is 0 Å². The van der Waals surface area contributed by atoms with Crippen molar-refractivity contribution < 1.29 is 14.3 Å². The highest BCUT2D eigenvalue weighted by Gasteiger charge is 2.12. The van der Waals surface area contributed by atoms with E-state index >= 15 is 0 Å². The van der Waals surface area contributed by atoms with Gasteiger partial charge < -0.3 is 14.4 Å². The van der Waals surface area contributed by atoms with Gasteiger partial charge in [0.1, 0.15) is 6.33 Å². The number of imidazole rings is 1. The Labute approximate surface area is 164 Å². The number of anilines is 1. The van der Waals surface area contributed by atoms with Gasteiger partial charge in [0.15, 0.2) is 0 Å². The summed E-state index contributed by atoms with van der Waals surface area (Å²) in [6.45, 7) is 5.50. The van der Waals surface area contributed by atoms with Gasteiger partial charge in [-0.15, -0.1) is 0 Å². The number of hydrogen-bond donors (Lipinski definition) is 0. The van der Waals surface area contributed by atoms with Gasteiger partial charge in [-0.2, -0.15) is 0 Å². The molecule has 0 spiro atoms. The highest BCUT2D eigenvalue weighted by atomic mass is 16.5. The first-order chi connectivity index (χ1) is 13.7. The summed E-state index contributed by atoms with van der Waals surface area (Å²) in [6.07, 6.45) is 5.02. The van der Waals surface area contributed by atoms with Gasteiger partial charge in [0.05, 0.1) is 30.9 Å². The second-order valence-corrected chi connectivity index (χ2v) is 6.57. The number of carbonyl (C=O) groups is 1. The molecule has 0 unspecified atom stereocenters. The summed E-state index contributed by atoms with van der Waals surface area (Å²) < 4.78 is 12.4. The van der Waals surface area contributed by atoms with Crippen molar-refractivity contribution >= 4 is 28.8 Å². The van der Waals surface area contributed by atoms with Crippen LogP contribution >= 0.6 is 0 Å². The molecular formula is C22H23N3O3. The van der Waals surface area contributed by atoms with Crippen LogP contribution in [-0.2, 0) is 14.3 Å². The van der Waals surface area contributed by atoms with E-state index in [1.165, 1.54) is 11.8 Å². The second-order valence-electron chi connectivity index (χ2n) is 6.57. The SMILES string of the molecule is CCOC(=O)/C=C/c1ccc2c(c1)ncn2-c1cccc(N2CCOCC2)c1. The Balaban J connectivity index is 1.60. The molecule has 2 aromatic carbocycles. The molecule has 0 bridgehead atoms. The van der Waals surface area contributed by atoms with Gasteiger partial charge in [-0.25, -0.2) is 9.78 Å². The van der Waals surface area contributed by atoms with Crippen molar-refractivity contribution in [2.45, 2.75) is 6.92 Å². The van der Waals surface area contributed by atoms with Crippen LogP contribution in [-0.4, -0.2) is 48.4 Å². The lowest BCUT2D eigenvalue weighted by Crippen LogP contribution is -2.36. The number of hydrogen-bond acceptors (Lipinski definition) is 5. The zero-order valence-corrected chi connectivity index (χ0v) is 15.9. The maximum atomic E-state index is 11.5. The van der Waals surface area contributed by atoms with Crippen LogP contribution in [0.2, 0.25) is 0 Å². The van der Waals surface area contributed by atoms with Crippen LogP contribution in [0, 0.1) is 0 Å². The Bertz CT molecular complexity index is 1000. The first-order valence-electron chi connectivity index (χ1n) is 9.49. The smallest absolute Gasteiger partial charge is 0.330 e. The summed E-state index contributed by atoms with van der Waals surface area (Å²) >= 11 is 0. The quantitative estimate of drug-likeness (QED) is 0.504. The number of fused-ring (bicyclic) bond motifs is 1. The summed E-state index contributed by atoms with van der Waals surface area (Å²) in [5.74, 6) is -0.340. The largest absolute Gasteiger partial charge is 0.463 e. The van der Waals surface area contributed by atoms with Crippen LogP contribution in [0.3, 0.4) is 0 Å². The molecule has 28 heavy (non-hydrogen) atoms. The first kappa shape index (κ1) is 18.3. The third-order valence-corrected chi connectivity index (χ3v) is 4.75. The fraction of sp³-hybridized carbons (Fsp3) is 0.273. The van der Waals surface area contributed by atoms with E-state index in [1.54, 1.807) is 13.0 Å². The van der Waals surface area contributed by atoms with E-state index in [9.17, 15) is 4.79 Å². The van der Waals surface area contributed by atoms with Crippen LogP contribution in [0.4, 0.5) is 5.69 Å². The van der Waals surface area contributed by atoms with Gasteiger partial charge in [0.25, 0.3) is 0 Å². The molecule has 1 fully saturated rings. The number of carbonyl (C=O) groups excluding carboxylic acids is 1. The van der Waals surface area contributed by atoms with Crippen molar-refractivity contribution in [3.63, 3.8) is 0 Å². The Morgan fingerprint density at radius 3 is 2.82 bits per heavy atom. The number of ether oxygens (including phenoxy) is 2. The number of rotatable bonds is 5. The Morgan fingerprint density at radius 2 is 2.00 bits per heavy atom. The Kier molecular flexibility index (Phi) is 5.39. The van der Waals surface area contributed by atoms with Crippen molar-refractivity contribution in [1.82, 2.24) is 9.55 Å². The fourth-order valence-electron chi connectivity index (χ4n) is 3.35. The van der Waals surface area contributed by atoms with Gasteiger partial charge in [0.2, 0.25) is 0 Å². The maximum absolute atomic E-state index is 11.5. The van der Waals surface area contributed by atoms with Crippen molar-refractivity contribution in [3.8, 4) is 5.69 Å². The van der Waals surface area contributed by atoms with Gasteiger partial charge in [-0.1, -0.05) is 12.1 Å². The third-order valence-electron chi connectivity index (χ3n) is 4.75. The maximum Gasteiger partial charge on any atom is 0.330 e. The highest BCUT2D eigenvalue weighted by molar-refractivity contribution is 5.88. The van der Waals surface area contributed by atoms with Gasteiger partial charge in [0, 0.05) is 30.5 Å². The molecule has 6 heteroatoms. The average Bonchev–Trinajstić information content (AvgIpc) is 3.16. The number of morpholine rings is 1. The summed E-state index contributed by atoms with van der Waals surface area (Å²) in [6, 6.07) is 14.4. The molecule has 0 saturated carbocycles. The molecule has 1 saturated heterocycles. The van der Waals surface area contributed by atoms with E-state index in [2.05, 4.69) is 38.7 Å². The molecule has 0 aliphatic carbocycles. The van der Waals surface area contributed by atoms with Crippen molar-refractivity contribution in [2.24, 2.45) is 0 Å². The van der Waals surface area contributed by atoms with E-state index in [4.69, 9.17) is 9.47 Å². The topological polar surface area (TPSA) is 56.6 Å². The number of aromatic nitrogens is 2. The molecule has 1 aliphatic rings. The molecule has 6 nitrogen and oxygen atoms in total.